The van der Waals surface area contributed by atoms with Crippen LogP contribution < -0.4 is 0 Å². The van der Waals surface area contributed by atoms with Crippen LogP contribution >= 0.6 is 11.8 Å². The molecule has 3 nitrogen and oxygen atoms in total. The maximum Gasteiger partial charge on any atom is 0.235 e. The predicted octanol–water partition coefficient (Wildman–Crippen LogP) is 4.23. The van der Waals surface area contributed by atoms with Crippen molar-refractivity contribution in [1.82, 2.24) is 0 Å². The largest absolute Gasteiger partial charge is 0.259 e. The van der Waals surface area contributed by atoms with Crippen molar-refractivity contribution in [2.75, 3.05) is 0 Å². The standard InChI is InChI=1S/C15H13NO2S/c17-16(18)11-10-13-6-8-15(9-7-13)19-12-14-4-2-1-3-5-14/h1-11H,12H2/b11-10+. The highest BCUT2D eigenvalue weighted by atomic mass is 32.2. The van der Waals surface area contributed by atoms with E-state index in [-0.39, 0.29) is 0 Å². The molecule has 0 saturated carbocycles. The van der Waals surface area contributed by atoms with Crippen LogP contribution in [0, 0.1) is 10.1 Å². The zero-order valence-corrected chi connectivity index (χ0v) is 11.0. The van der Waals surface area contributed by atoms with Gasteiger partial charge < -0.3 is 0 Å². The Kier molecular flexibility index (Phi) is 4.75. The molecule has 0 N–H and O–H groups in total. The first kappa shape index (κ1) is 13.4. The Morgan fingerprint density at radius 1 is 1.05 bits per heavy atom. The number of nitrogens with zero attached hydrogens (tertiary/aromatic N) is 1. The molecular formula is C15H13NO2S. The lowest BCUT2D eigenvalue weighted by atomic mass is 10.2. The maximum absolute atomic E-state index is 10.2. The smallest absolute Gasteiger partial charge is 0.235 e. The van der Waals surface area contributed by atoms with E-state index in [0.29, 0.717) is 0 Å². The van der Waals surface area contributed by atoms with Crippen molar-refractivity contribution in [3.05, 3.63) is 82.0 Å². The Balaban J connectivity index is 1.94. The highest BCUT2D eigenvalue weighted by Crippen LogP contribution is 2.23. The summed E-state index contributed by atoms with van der Waals surface area (Å²) in [5, 5.41) is 10.2. The van der Waals surface area contributed by atoms with Crippen molar-refractivity contribution in [3.8, 4) is 0 Å². The van der Waals surface area contributed by atoms with Gasteiger partial charge in [-0.15, -0.1) is 11.8 Å². The van der Waals surface area contributed by atoms with E-state index in [1.54, 1.807) is 11.8 Å². The van der Waals surface area contributed by atoms with Crippen molar-refractivity contribution in [3.63, 3.8) is 0 Å². The number of rotatable bonds is 5. The molecule has 0 aliphatic rings. The van der Waals surface area contributed by atoms with Gasteiger partial charge in [0, 0.05) is 16.7 Å². The summed E-state index contributed by atoms with van der Waals surface area (Å²) in [6.45, 7) is 0. The second-order valence-electron chi connectivity index (χ2n) is 3.94. The summed E-state index contributed by atoms with van der Waals surface area (Å²) in [5.74, 6) is 0.922. The maximum atomic E-state index is 10.2. The van der Waals surface area contributed by atoms with Gasteiger partial charge >= 0.3 is 0 Å². The molecule has 4 heteroatoms. The number of hydrogen-bond acceptors (Lipinski definition) is 3. The summed E-state index contributed by atoms with van der Waals surface area (Å²) in [4.78, 5) is 10.9. The van der Waals surface area contributed by atoms with Crippen LogP contribution in [0.4, 0.5) is 0 Å². The van der Waals surface area contributed by atoms with Crippen molar-refractivity contribution >= 4 is 17.8 Å². The Bertz CT molecular complexity index is 564. The zero-order chi connectivity index (χ0) is 13.5. The molecule has 0 bridgehead atoms. The minimum atomic E-state index is -0.460. The zero-order valence-electron chi connectivity index (χ0n) is 10.2. The summed E-state index contributed by atoms with van der Waals surface area (Å²) < 4.78 is 0. The van der Waals surface area contributed by atoms with E-state index in [4.69, 9.17) is 0 Å². The van der Waals surface area contributed by atoms with E-state index in [9.17, 15) is 10.1 Å². The SMILES string of the molecule is O=[N+]([O-])/C=C/c1ccc(SCc2ccccc2)cc1. The summed E-state index contributed by atoms with van der Waals surface area (Å²) in [6.07, 6.45) is 2.44. The van der Waals surface area contributed by atoms with Crippen LogP contribution in [0.5, 0.6) is 0 Å². The molecule has 0 heterocycles. The lowest BCUT2D eigenvalue weighted by molar-refractivity contribution is -0.400. The summed E-state index contributed by atoms with van der Waals surface area (Å²) in [7, 11) is 0. The molecule has 19 heavy (non-hydrogen) atoms. The lowest BCUT2D eigenvalue weighted by Gasteiger charge is -2.02. The Labute approximate surface area is 116 Å². The second-order valence-corrected chi connectivity index (χ2v) is 4.99. The first-order valence-electron chi connectivity index (χ1n) is 5.82. The number of hydrogen-bond donors (Lipinski definition) is 0. The molecule has 0 amide bonds. The molecule has 96 valence electrons. The monoisotopic (exact) mass is 271 g/mol. The van der Waals surface area contributed by atoms with Gasteiger partial charge in [-0.2, -0.15) is 0 Å². The fourth-order valence-corrected chi connectivity index (χ4v) is 2.42. The Morgan fingerprint density at radius 3 is 2.37 bits per heavy atom. The van der Waals surface area contributed by atoms with Crippen LogP contribution in [-0.2, 0) is 5.75 Å². The molecule has 2 rings (SSSR count). The molecule has 0 spiro atoms. The van der Waals surface area contributed by atoms with Gasteiger partial charge in [-0.05, 0) is 23.3 Å². The van der Waals surface area contributed by atoms with Gasteiger partial charge in [0.1, 0.15) is 0 Å². The lowest BCUT2D eigenvalue weighted by Crippen LogP contribution is -1.83. The molecule has 2 aromatic carbocycles. The average molecular weight is 271 g/mol. The number of nitro groups is 1. The fraction of sp³-hybridized carbons (Fsp3) is 0.0667. The third-order valence-electron chi connectivity index (χ3n) is 2.52. The van der Waals surface area contributed by atoms with E-state index in [2.05, 4.69) is 12.1 Å². The van der Waals surface area contributed by atoms with E-state index in [1.807, 2.05) is 42.5 Å². The van der Waals surface area contributed by atoms with E-state index >= 15 is 0 Å². The molecular weight excluding hydrogens is 258 g/mol. The van der Waals surface area contributed by atoms with E-state index in [1.165, 1.54) is 11.6 Å². The van der Waals surface area contributed by atoms with Crippen molar-refractivity contribution in [2.45, 2.75) is 10.6 Å². The molecule has 0 aromatic heterocycles. The van der Waals surface area contributed by atoms with Crippen LogP contribution in [-0.4, -0.2) is 4.92 Å². The summed E-state index contributed by atoms with van der Waals surface area (Å²) >= 11 is 1.75. The number of benzene rings is 2. The van der Waals surface area contributed by atoms with Crippen molar-refractivity contribution in [2.24, 2.45) is 0 Å². The molecule has 0 radical (unpaired) electrons. The van der Waals surface area contributed by atoms with Crippen LogP contribution in [0.3, 0.4) is 0 Å². The third-order valence-corrected chi connectivity index (χ3v) is 3.60. The quantitative estimate of drug-likeness (QED) is 0.464. The molecule has 0 aliphatic carbocycles. The van der Waals surface area contributed by atoms with Crippen LogP contribution in [0.1, 0.15) is 11.1 Å². The molecule has 0 aliphatic heterocycles. The highest BCUT2D eigenvalue weighted by Gasteiger charge is 1.96. The van der Waals surface area contributed by atoms with Crippen LogP contribution in [0.2, 0.25) is 0 Å². The Hall–Kier alpha value is -2.07. The second kappa shape index (κ2) is 6.75. The summed E-state index contributed by atoms with van der Waals surface area (Å²) in [6, 6.07) is 18.0. The number of thioether (sulfide) groups is 1. The van der Waals surface area contributed by atoms with Crippen LogP contribution in [0.25, 0.3) is 6.08 Å². The Morgan fingerprint density at radius 2 is 1.74 bits per heavy atom. The minimum Gasteiger partial charge on any atom is -0.259 e. The first-order valence-corrected chi connectivity index (χ1v) is 6.81. The van der Waals surface area contributed by atoms with Gasteiger partial charge in [0.15, 0.2) is 0 Å². The molecule has 0 fully saturated rings. The predicted molar refractivity (Wildman–Crippen MR) is 78.5 cm³/mol. The van der Waals surface area contributed by atoms with E-state index in [0.717, 1.165) is 22.4 Å². The van der Waals surface area contributed by atoms with Gasteiger partial charge in [-0.25, -0.2) is 0 Å². The van der Waals surface area contributed by atoms with Gasteiger partial charge in [-0.1, -0.05) is 42.5 Å². The average Bonchev–Trinajstić information content (AvgIpc) is 2.45. The van der Waals surface area contributed by atoms with Gasteiger partial charge in [0.05, 0.1) is 4.92 Å². The molecule has 0 unspecified atom stereocenters. The minimum absolute atomic E-state index is 0.460. The highest BCUT2D eigenvalue weighted by molar-refractivity contribution is 7.98. The first-order chi connectivity index (χ1) is 9.24. The fourth-order valence-electron chi connectivity index (χ4n) is 1.56. The van der Waals surface area contributed by atoms with Crippen molar-refractivity contribution < 1.29 is 4.92 Å². The van der Waals surface area contributed by atoms with Gasteiger partial charge in [0.2, 0.25) is 6.20 Å². The van der Waals surface area contributed by atoms with Gasteiger partial charge in [-0.3, -0.25) is 10.1 Å². The summed E-state index contributed by atoms with van der Waals surface area (Å²) in [5.41, 5.74) is 2.12. The third kappa shape index (κ3) is 4.60. The molecule has 0 atom stereocenters. The van der Waals surface area contributed by atoms with E-state index < -0.39 is 4.92 Å². The van der Waals surface area contributed by atoms with Crippen LogP contribution in [0.15, 0.2) is 65.7 Å². The van der Waals surface area contributed by atoms with Crippen molar-refractivity contribution in [1.29, 1.82) is 0 Å². The normalized spacial score (nSPS) is 10.7. The molecule has 0 saturated heterocycles. The topological polar surface area (TPSA) is 43.1 Å². The van der Waals surface area contributed by atoms with Gasteiger partial charge in [0.25, 0.3) is 0 Å². The molecule has 2 aromatic rings.